The van der Waals surface area contributed by atoms with Crippen molar-refractivity contribution in [2.75, 3.05) is 17.8 Å². The summed E-state index contributed by atoms with van der Waals surface area (Å²) in [5.74, 6) is 6.57. The highest BCUT2D eigenvalue weighted by atomic mass is 16.5. The fourth-order valence-corrected chi connectivity index (χ4v) is 1.36. The molecule has 70 valence electrons. The Morgan fingerprint density at radius 3 is 3.00 bits per heavy atom. The van der Waals surface area contributed by atoms with Crippen LogP contribution in [0.15, 0.2) is 0 Å². The number of aromatic nitrogens is 2. The van der Waals surface area contributed by atoms with Crippen LogP contribution in [0.3, 0.4) is 0 Å². The number of ether oxygens (including phenoxy) is 1. The van der Waals surface area contributed by atoms with E-state index in [0.29, 0.717) is 18.3 Å². The molecule has 0 aliphatic carbocycles. The number of hydrazine groups is 1. The smallest absolute Gasteiger partial charge is 0.225 e. The topological polar surface area (TPSA) is 99.1 Å². The summed E-state index contributed by atoms with van der Waals surface area (Å²) in [6, 6.07) is 0. The zero-order valence-corrected chi connectivity index (χ0v) is 7.08. The number of rotatable bonds is 1. The maximum absolute atomic E-state index is 5.46. The van der Waals surface area contributed by atoms with Crippen LogP contribution in [0.25, 0.3) is 0 Å². The molecule has 0 saturated heterocycles. The molecule has 0 radical (unpaired) electrons. The summed E-state index contributed by atoms with van der Waals surface area (Å²) in [7, 11) is 0. The third kappa shape index (κ3) is 1.35. The minimum absolute atomic E-state index is 0.175. The van der Waals surface area contributed by atoms with Gasteiger partial charge in [0.05, 0.1) is 12.2 Å². The number of fused-ring (bicyclic) bond motifs is 1. The van der Waals surface area contributed by atoms with E-state index in [0.717, 1.165) is 18.4 Å². The first-order valence-corrected chi connectivity index (χ1v) is 4.07. The predicted octanol–water partition coefficient (Wildman–Crippen LogP) is -0.331. The molecular weight excluding hydrogens is 170 g/mol. The molecule has 6 nitrogen and oxygen atoms in total. The molecule has 2 rings (SSSR count). The van der Waals surface area contributed by atoms with Crippen molar-refractivity contribution >= 4 is 11.8 Å². The van der Waals surface area contributed by atoms with Crippen molar-refractivity contribution in [1.29, 1.82) is 0 Å². The highest BCUT2D eigenvalue weighted by Crippen LogP contribution is 2.27. The van der Waals surface area contributed by atoms with Crippen LogP contribution in [0, 0.1) is 0 Å². The fourth-order valence-electron chi connectivity index (χ4n) is 1.36. The number of nitrogens with two attached hydrogens (primary N) is 2. The normalized spacial score (nSPS) is 14.5. The van der Waals surface area contributed by atoms with Gasteiger partial charge in [0.25, 0.3) is 0 Å². The Morgan fingerprint density at radius 1 is 1.38 bits per heavy atom. The third-order valence-electron chi connectivity index (χ3n) is 1.93. The van der Waals surface area contributed by atoms with Gasteiger partial charge in [-0.3, -0.25) is 0 Å². The Balaban J connectivity index is 2.50. The largest absolute Gasteiger partial charge is 0.477 e. The summed E-state index contributed by atoms with van der Waals surface area (Å²) in [6.07, 6.45) is 1.82. The average Bonchev–Trinajstić information content (AvgIpc) is 2.16. The molecule has 2 heterocycles. The molecular formula is C7H11N5O. The monoisotopic (exact) mass is 181 g/mol. The molecule has 1 aromatic heterocycles. The van der Waals surface area contributed by atoms with Gasteiger partial charge in [-0.25, -0.2) is 5.84 Å². The van der Waals surface area contributed by atoms with E-state index in [-0.39, 0.29) is 5.95 Å². The number of nitrogens with zero attached hydrogens (tertiary/aromatic N) is 2. The molecule has 13 heavy (non-hydrogen) atoms. The van der Waals surface area contributed by atoms with Gasteiger partial charge in [0, 0.05) is 0 Å². The van der Waals surface area contributed by atoms with E-state index in [1.54, 1.807) is 0 Å². The maximum Gasteiger partial charge on any atom is 0.225 e. The van der Waals surface area contributed by atoms with Crippen molar-refractivity contribution in [3.63, 3.8) is 0 Å². The molecule has 0 bridgehead atoms. The van der Waals surface area contributed by atoms with Crippen molar-refractivity contribution in [2.45, 2.75) is 12.8 Å². The zero-order valence-electron chi connectivity index (χ0n) is 7.08. The second-order valence-corrected chi connectivity index (χ2v) is 2.81. The van der Waals surface area contributed by atoms with Gasteiger partial charge in [-0.1, -0.05) is 0 Å². The Kier molecular flexibility index (Phi) is 1.90. The van der Waals surface area contributed by atoms with Crippen LogP contribution in [0.1, 0.15) is 12.0 Å². The molecule has 0 amide bonds. The van der Waals surface area contributed by atoms with Crippen LogP contribution in [-0.2, 0) is 6.42 Å². The number of anilines is 2. The van der Waals surface area contributed by atoms with E-state index in [1.807, 2.05) is 0 Å². The van der Waals surface area contributed by atoms with Crippen LogP contribution < -0.4 is 21.7 Å². The van der Waals surface area contributed by atoms with Gasteiger partial charge in [-0.2, -0.15) is 9.97 Å². The van der Waals surface area contributed by atoms with Gasteiger partial charge >= 0.3 is 0 Å². The molecule has 0 atom stereocenters. The summed E-state index contributed by atoms with van der Waals surface area (Å²) in [4.78, 5) is 7.93. The van der Waals surface area contributed by atoms with Gasteiger partial charge in [-0.15, -0.1) is 0 Å². The van der Waals surface area contributed by atoms with Crippen molar-refractivity contribution in [1.82, 2.24) is 9.97 Å². The van der Waals surface area contributed by atoms with E-state index in [1.165, 1.54) is 0 Å². The van der Waals surface area contributed by atoms with Gasteiger partial charge in [-0.05, 0) is 12.8 Å². The van der Waals surface area contributed by atoms with Crippen molar-refractivity contribution in [3.8, 4) is 5.88 Å². The van der Waals surface area contributed by atoms with Crippen molar-refractivity contribution in [3.05, 3.63) is 5.56 Å². The minimum atomic E-state index is 0.175. The summed E-state index contributed by atoms with van der Waals surface area (Å²) in [5.41, 5.74) is 8.85. The lowest BCUT2D eigenvalue weighted by molar-refractivity contribution is 0.276. The molecule has 1 aliphatic heterocycles. The SMILES string of the molecule is NNc1nc(N)nc2c1CCCO2. The van der Waals surface area contributed by atoms with Gasteiger partial charge < -0.3 is 15.9 Å². The minimum Gasteiger partial charge on any atom is -0.477 e. The number of hydrogen-bond donors (Lipinski definition) is 3. The Hall–Kier alpha value is -1.56. The first-order chi connectivity index (χ1) is 6.31. The zero-order chi connectivity index (χ0) is 9.26. The number of hydrogen-bond acceptors (Lipinski definition) is 6. The highest BCUT2D eigenvalue weighted by molar-refractivity contribution is 5.52. The van der Waals surface area contributed by atoms with Gasteiger partial charge in [0.15, 0.2) is 5.82 Å². The molecule has 0 saturated carbocycles. The predicted molar refractivity (Wildman–Crippen MR) is 48.1 cm³/mol. The van der Waals surface area contributed by atoms with Crippen LogP contribution in [0.4, 0.5) is 11.8 Å². The maximum atomic E-state index is 5.46. The van der Waals surface area contributed by atoms with E-state index in [4.69, 9.17) is 16.3 Å². The van der Waals surface area contributed by atoms with E-state index in [2.05, 4.69) is 15.4 Å². The molecule has 6 heteroatoms. The number of nitrogens with one attached hydrogen (secondary N) is 1. The Bertz CT molecular complexity index is 310. The molecule has 0 aromatic carbocycles. The van der Waals surface area contributed by atoms with Gasteiger partial charge in [0.1, 0.15) is 0 Å². The molecule has 5 N–H and O–H groups in total. The second kappa shape index (κ2) is 3.06. The first-order valence-electron chi connectivity index (χ1n) is 4.07. The van der Waals surface area contributed by atoms with E-state index < -0.39 is 0 Å². The molecule has 1 aliphatic rings. The second-order valence-electron chi connectivity index (χ2n) is 2.81. The van der Waals surface area contributed by atoms with Crippen LogP contribution in [0.5, 0.6) is 5.88 Å². The summed E-state index contributed by atoms with van der Waals surface area (Å²) >= 11 is 0. The lowest BCUT2D eigenvalue weighted by atomic mass is 10.1. The van der Waals surface area contributed by atoms with Crippen molar-refractivity contribution < 1.29 is 4.74 Å². The summed E-state index contributed by atoms with van der Waals surface area (Å²) in [6.45, 7) is 0.674. The van der Waals surface area contributed by atoms with Crippen molar-refractivity contribution in [2.24, 2.45) is 5.84 Å². The fraction of sp³-hybridized carbons (Fsp3) is 0.429. The molecule has 1 aromatic rings. The van der Waals surface area contributed by atoms with Crippen LogP contribution in [0.2, 0.25) is 0 Å². The lowest BCUT2D eigenvalue weighted by Gasteiger charge is -2.18. The third-order valence-corrected chi connectivity index (χ3v) is 1.93. The molecule has 0 spiro atoms. The Morgan fingerprint density at radius 2 is 2.23 bits per heavy atom. The summed E-state index contributed by atoms with van der Waals surface area (Å²) in [5, 5.41) is 0. The van der Waals surface area contributed by atoms with Crippen LogP contribution >= 0.6 is 0 Å². The first kappa shape index (κ1) is 8.06. The van der Waals surface area contributed by atoms with E-state index >= 15 is 0 Å². The molecule has 0 fully saturated rings. The highest BCUT2D eigenvalue weighted by Gasteiger charge is 2.17. The summed E-state index contributed by atoms with van der Waals surface area (Å²) < 4.78 is 5.32. The average molecular weight is 181 g/mol. The van der Waals surface area contributed by atoms with E-state index in [9.17, 15) is 0 Å². The van der Waals surface area contributed by atoms with Gasteiger partial charge in [0.2, 0.25) is 11.8 Å². The molecule has 0 unspecified atom stereocenters. The Labute approximate surface area is 75.3 Å². The van der Waals surface area contributed by atoms with Crippen LogP contribution in [-0.4, -0.2) is 16.6 Å². The standard InChI is InChI=1S/C7H11N5O/c8-7-10-5(12-9)4-2-1-3-13-6(4)11-7/h1-3,9H2,(H3,8,10,11,12). The number of nitrogen functional groups attached to an aromatic ring is 2. The lowest BCUT2D eigenvalue weighted by Crippen LogP contribution is -2.18. The quantitative estimate of drug-likeness (QED) is 0.405.